The highest BCUT2D eigenvalue weighted by atomic mass is 16.3. The normalized spacial score (nSPS) is 12.2. The van der Waals surface area contributed by atoms with Crippen molar-refractivity contribution in [1.82, 2.24) is 15.0 Å². The topological polar surface area (TPSA) is 75.6 Å². The minimum Gasteiger partial charge on any atom is -0.441 e. The molecule has 0 radical (unpaired) electrons. The van der Waals surface area contributed by atoms with Crippen LogP contribution in [0.25, 0.3) is 11.1 Å². The number of hydrogen-bond acceptors (Lipinski definition) is 5. The summed E-state index contributed by atoms with van der Waals surface area (Å²) in [6.07, 6.45) is 3.07. The lowest BCUT2D eigenvalue weighted by Gasteiger charge is -2.07. The number of nitrogens with zero attached hydrogens (tertiary/aromatic N) is 4. The summed E-state index contributed by atoms with van der Waals surface area (Å²) in [6.45, 7) is 1.80. The maximum absolute atomic E-state index is 9.35. The van der Waals surface area contributed by atoms with E-state index in [0.29, 0.717) is 17.2 Å². The lowest BCUT2D eigenvalue weighted by molar-refractivity contribution is 0.560. The van der Waals surface area contributed by atoms with E-state index in [1.165, 1.54) is 6.33 Å². The van der Waals surface area contributed by atoms with Crippen LogP contribution in [-0.2, 0) is 0 Å². The largest absolute Gasteiger partial charge is 0.441 e. The molecular formula is C14H10N4O. The van der Waals surface area contributed by atoms with Crippen LogP contribution in [-0.4, -0.2) is 15.0 Å². The van der Waals surface area contributed by atoms with Gasteiger partial charge in [-0.05, 0) is 23.8 Å². The third-order valence-electron chi connectivity index (χ3n) is 2.88. The van der Waals surface area contributed by atoms with E-state index in [1.807, 2.05) is 18.2 Å². The minimum atomic E-state index is -0.433. The zero-order valence-electron chi connectivity index (χ0n) is 10.2. The Morgan fingerprint density at radius 2 is 2.21 bits per heavy atom. The molecule has 2 aromatic heterocycles. The summed E-state index contributed by atoms with van der Waals surface area (Å²) in [4.78, 5) is 12.2. The van der Waals surface area contributed by atoms with Crippen LogP contribution in [0.15, 0.2) is 41.2 Å². The first-order valence-corrected chi connectivity index (χ1v) is 5.80. The predicted molar refractivity (Wildman–Crippen MR) is 68.2 cm³/mol. The van der Waals surface area contributed by atoms with Crippen LogP contribution < -0.4 is 0 Å². The maximum Gasteiger partial charge on any atom is 0.192 e. The zero-order valence-corrected chi connectivity index (χ0v) is 10.2. The number of rotatable bonds is 2. The second-order valence-electron chi connectivity index (χ2n) is 4.16. The van der Waals surface area contributed by atoms with Crippen LogP contribution in [0.1, 0.15) is 23.1 Å². The van der Waals surface area contributed by atoms with Crippen molar-refractivity contribution in [2.24, 2.45) is 0 Å². The number of fused-ring (bicyclic) bond motifs is 1. The maximum atomic E-state index is 9.35. The molecule has 2 heterocycles. The number of aromatic nitrogens is 3. The molecule has 0 saturated heterocycles. The predicted octanol–water partition coefficient (Wildman–Crippen LogP) is 2.58. The quantitative estimate of drug-likeness (QED) is 0.698. The second kappa shape index (κ2) is 4.50. The van der Waals surface area contributed by atoms with Crippen molar-refractivity contribution in [3.63, 3.8) is 0 Å². The van der Waals surface area contributed by atoms with Gasteiger partial charge in [0.25, 0.3) is 0 Å². The van der Waals surface area contributed by atoms with Gasteiger partial charge in [-0.3, -0.25) is 0 Å². The molecule has 5 heteroatoms. The molecule has 0 amide bonds. The number of aryl methyl sites for hydroxylation is 1. The Morgan fingerprint density at radius 3 is 2.95 bits per heavy atom. The van der Waals surface area contributed by atoms with Crippen molar-refractivity contribution in [2.75, 3.05) is 0 Å². The molecule has 1 unspecified atom stereocenters. The summed E-state index contributed by atoms with van der Waals surface area (Å²) in [6, 6.07) is 9.56. The molecule has 0 bridgehead atoms. The third-order valence-corrected chi connectivity index (χ3v) is 2.88. The van der Waals surface area contributed by atoms with E-state index in [-0.39, 0.29) is 0 Å². The summed E-state index contributed by atoms with van der Waals surface area (Å²) in [5.74, 6) is 0.181. The van der Waals surface area contributed by atoms with E-state index >= 15 is 0 Å². The van der Waals surface area contributed by atoms with E-state index < -0.39 is 5.92 Å². The standard InChI is InChI=1S/C14H10N4O/c1-9-18-13-3-2-10(6-14(13)19-9)11(7-15)12-4-5-16-8-17-12/h2-6,8,11H,1H3. The second-order valence-corrected chi connectivity index (χ2v) is 4.16. The van der Waals surface area contributed by atoms with Gasteiger partial charge >= 0.3 is 0 Å². The minimum absolute atomic E-state index is 0.433. The van der Waals surface area contributed by atoms with Gasteiger partial charge in [0.15, 0.2) is 11.5 Å². The first-order chi connectivity index (χ1) is 9.28. The van der Waals surface area contributed by atoms with Crippen LogP contribution in [0, 0.1) is 18.3 Å². The van der Waals surface area contributed by atoms with E-state index in [2.05, 4.69) is 21.0 Å². The van der Waals surface area contributed by atoms with Gasteiger partial charge < -0.3 is 4.42 Å². The van der Waals surface area contributed by atoms with Crippen molar-refractivity contribution in [3.8, 4) is 6.07 Å². The SMILES string of the molecule is Cc1nc2ccc(C(C#N)c3ccncn3)cc2o1. The van der Waals surface area contributed by atoms with Gasteiger partial charge in [0.2, 0.25) is 0 Å². The Bertz CT molecular complexity index is 758. The third kappa shape index (κ3) is 2.04. The Morgan fingerprint density at radius 1 is 1.32 bits per heavy atom. The molecule has 0 aliphatic carbocycles. The molecular weight excluding hydrogens is 240 g/mol. The fraction of sp³-hybridized carbons (Fsp3) is 0.143. The van der Waals surface area contributed by atoms with E-state index in [9.17, 15) is 5.26 Å². The van der Waals surface area contributed by atoms with Gasteiger partial charge in [-0.25, -0.2) is 15.0 Å². The number of hydrogen-bond donors (Lipinski definition) is 0. The van der Waals surface area contributed by atoms with Gasteiger partial charge in [-0.2, -0.15) is 5.26 Å². The lowest BCUT2D eigenvalue weighted by atomic mass is 9.97. The smallest absolute Gasteiger partial charge is 0.192 e. The molecule has 5 nitrogen and oxygen atoms in total. The highest BCUT2D eigenvalue weighted by molar-refractivity contribution is 5.74. The first kappa shape index (κ1) is 11.4. The van der Waals surface area contributed by atoms with Crippen molar-refractivity contribution >= 4 is 11.1 Å². The van der Waals surface area contributed by atoms with Crippen molar-refractivity contribution < 1.29 is 4.42 Å². The van der Waals surface area contributed by atoms with E-state index in [0.717, 1.165) is 11.1 Å². The molecule has 1 atom stereocenters. The van der Waals surface area contributed by atoms with Crippen LogP contribution >= 0.6 is 0 Å². The Hall–Kier alpha value is -2.74. The molecule has 0 aliphatic rings. The zero-order chi connectivity index (χ0) is 13.2. The van der Waals surface area contributed by atoms with Crippen LogP contribution in [0.3, 0.4) is 0 Å². The molecule has 0 saturated carbocycles. The van der Waals surface area contributed by atoms with E-state index in [4.69, 9.17) is 4.42 Å². The van der Waals surface area contributed by atoms with E-state index in [1.54, 1.807) is 19.2 Å². The summed E-state index contributed by atoms with van der Waals surface area (Å²) in [7, 11) is 0. The summed E-state index contributed by atoms with van der Waals surface area (Å²) >= 11 is 0. The van der Waals surface area contributed by atoms with Crippen LogP contribution in [0.2, 0.25) is 0 Å². The number of benzene rings is 1. The highest BCUT2D eigenvalue weighted by Crippen LogP contribution is 2.25. The van der Waals surface area contributed by atoms with Crippen molar-refractivity contribution in [2.45, 2.75) is 12.8 Å². The fourth-order valence-electron chi connectivity index (χ4n) is 2.02. The Labute approximate surface area is 109 Å². The average Bonchev–Trinajstić information content (AvgIpc) is 2.80. The average molecular weight is 250 g/mol. The van der Waals surface area contributed by atoms with Crippen LogP contribution in [0.4, 0.5) is 0 Å². The summed E-state index contributed by atoms with van der Waals surface area (Å²) in [5.41, 5.74) is 2.99. The summed E-state index contributed by atoms with van der Waals surface area (Å²) < 4.78 is 5.49. The van der Waals surface area contributed by atoms with Gasteiger partial charge in [0.1, 0.15) is 17.8 Å². The summed E-state index contributed by atoms with van der Waals surface area (Å²) in [5, 5.41) is 9.35. The lowest BCUT2D eigenvalue weighted by Crippen LogP contribution is -2.00. The Balaban J connectivity index is 2.09. The highest BCUT2D eigenvalue weighted by Gasteiger charge is 2.16. The fourth-order valence-corrected chi connectivity index (χ4v) is 2.02. The first-order valence-electron chi connectivity index (χ1n) is 5.80. The van der Waals surface area contributed by atoms with Gasteiger partial charge in [-0.15, -0.1) is 0 Å². The molecule has 92 valence electrons. The number of oxazole rings is 1. The molecule has 19 heavy (non-hydrogen) atoms. The van der Waals surface area contributed by atoms with Crippen molar-refractivity contribution in [3.05, 3.63) is 53.9 Å². The van der Waals surface area contributed by atoms with Gasteiger partial charge in [0, 0.05) is 13.1 Å². The molecule has 3 aromatic rings. The monoisotopic (exact) mass is 250 g/mol. The number of nitriles is 1. The van der Waals surface area contributed by atoms with Gasteiger partial charge in [0.05, 0.1) is 11.8 Å². The van der Waals surface area contributed by atoms with Crippen LogP contribution in [0.5, 0.6) is 0 Å². The molecule has 0 fully saturated rings. The van der Waals surface area contributed by atoms with Gasteiger partial charge in [-0.1, -0.05) is 6.07 Å². The molecule has 0 N–H and O–H groups in total. The molecule has 0 spiro atoms. The van der Waals surface area contributed by atoms with Crippen molar-refractivity contribution in [1.29, 1.82) is 5.26 Å². The molecule has 0 aliphatic heterocycles. The molecule has 1 aromatic carbocycles. The Kier molecular flexibility index (Phi) is 2.69. The molecule has 3 rings (SSSR count).